The molecule has 3 aromatic rings. The van der Waals surface area contributed by atoms with Crippen molar-refractivity contribution in [2.75, 3.05) is 20.7 Å². The van der Waals surface area contributed by atoms with E-state index in [1.807, 2.05) is 24.3 Å². The highest BCUT2D eigenvalue weighted by molar-refractivity contribution is 14.0. The minimum atomic E-state index is 0. The fraction of sp³-hybridized carbons (Fsp3) is 0.375. The average molecular weight is 548 g/mol. The lowest BCUT2D eigenvalue weighted by atomic mass is 10.1. The van der Waals surface area contributed by atoms with E-state index >= 15 is 0 Å². The highest BCUT2D eigenvalue weighted by Crippen LogP contribution is 2.12. The third-order valence-electron chi connectivity index (χ3n) is 5.12. The molecule has 32 heavy (non-hydrogen) atoms. The van der Waals surface area contributed by atoms with E-state index in [1.54, 1.807) is 13.4 Å². The number of ether oxygens (including phenoxy) is 1. The Bertz CT molecular complexity index is 969. The van der Waals surface area contributed by atoms with Crippen LogP contribution in [0, 0.1) is 6.92 Å². The van der Waals surface area contributed by atoms with Gasteiger partial charge in [-0.25, -0.2) is 4.99 Å². The lowest BCUT2D eigenvalue weighted by Gasteiger charge is -2.23. The van der Waals surface area contributed by atoms with Crippen molar-refractivity contribution < 1.29 is 4.74 Å². The molecule has 0 radical (unpaired) electrons. The summed E-state index contributed by atoms with van der Waals surface area (Å²) in [6, 6.07) is 16.6. The molecular weight excluding hydrogens is 515 g/mol. The van der Waals surface area contributed by atoms with Crippen LogP contribution in [0.15, 0.2) is 59.9 Å². The van der Waals surface area contributed by atoms with Gasteiger partial charge in [-0.1, -0.05) is 48.9 Å². The zero-order valence-electron chi connectivity index (χ0n) is 19.3. The lowest BCUT2D eigenvalue weighted by molar-refractivity contribution is 0.414. The predicted octanol–water partition coefficient (Wildman–Crippen LogP) is 4.05. The SMILES string of the molecule is CCc1nncn1CCNC(=NCc1ccc(OC)cc1)N(C)Cc1ccc(C)cc1.I. The maximum atomic E-state index is 5.25. The van der Waals surface area contributed by atoms with Crippen LogP contribution in [0.4, 0.5) is 0 Å². The maximum Gasteiger partial charge on any atom is 0.194 e. The number of aromatic nitrogens is 3. The molecule has 1 heterocycles. The van der Waals surface area contributed by atoms with Crippen LogP contribution in [-0.4, -0.2) is 46.3 Å². The molecule has 0 saturated heterocycles. The second-order valence-corrected chi connectivity index (χ2v) is 7.55. The maximum absolute atomic E-state index is 5.25. The highest BCUT2D eigenvalue weighted by Gasteiger charge is 2.09. The standard InChI is InChI=1S/C24H32N6O.HI/c1-5-23-28-27-18-30(23)15-14-25-24(26-16-20-10-12-22(31-4)13-11-20)29(3)17-21-8-6-19(2)7-9-21;/h6-13,18H,5,14-17H2,1-4H3,(H,25,26);1H. The van der Waals surface area contributed by atoms with E-state index in [9.17, 15) is 0 Å². The first-order valence-corrected chi connectivity index (χ1v) is 10.6. The molecule has 1 aromatic heterocycles. The molecular formula is C24H33IN6O. The van der Waals surface area contributed by atoms with Gasteiger partial charge in [0, 0.05) is 33.1 Å². The fourth-order valence-electron chi connectivity index (χ4n) is 3.28. The van der Waals surface area contributed by atoms with Crippen molar-refractivity contribution in [3.05, 3.63) is 77.4 Å². The lowest BCUT2D eigenvalue weighted by Crippen LogP contribution is -2.40. The van der Waals surface area contributed by atoms with Crippen LogP contribution >= 0.6 is 24.0 Å². The van der Waals surface area contributed by atoms with Crippen LogP contribution in [0.1, 0.15) is 29.4 Å². The van der Waals surface area contributed by atoms with E-state index in [0.717, 1.165) is 49.2 Å². The summed E-state index contributed by atoms with van der Waals surface area (Å²) in [7, 11) is 3.74. The van der Waals surface area contributed by atoms with Crippen LogP contribution in [0.5, 0.6) is 5.75 Å². The smallest absolute Gasteiger partial charge is 0.194 e. The predicted molar refractivity (Wildman–Crippen MR) is 140 cm³/mol. The molecule has 0 aliphatic carbocycles. The Labute approximate surface area is 207 Å². The van der Waals surface area contributed by atoms with Crippen molar-refractivity contribution in [2.45, 2.75) is 39.9 Å². The summed E-state index contributed by atoms with van der Waals surface area (Å²) >= 11 is 0. The number of halogens is 1. The number of guanidine groups is 1. The Morgan fingerprint density at radius 2 is 1.78 bits per heavy atom. The van der Waals surface area contributed by atoms with E-state index in [4.69, 9.17) is 9.73 Å². The molecule has 0 aliphatic rings. The van der Waals surface area contributed by atoms with E-state index in [2.05, 4.69) is 70.1 Å². The number of nitrogens with one attached hydrogen (secondary N) is 1. The van der Waals surface area contributed by atoms with Gasteiger partial charge in [-0.05, 0) is 30.2 Å². The van der Waals surface area contributed by atoms with Crippen molar-refractivity contribution in [3.8, 4) is 5.75 Å². The van der Waals surface area contributed by atoms with E-state index in [-0.39, 0.29) is 24.0 Å². The van der Waals surface area contributed by atoms with Crippen LogP contribution in [0.3, 0.4) is 0 Å². The molecule has 0 bridgehead atoms. The summed E-state index contributed by atoms with van der Waals surface area (Å²) in [5.74, 6) is 2.71. The number of hydrogen-bond donors (Lipinski definition) is 1. The van der Waals surface area contributed by atoms with Gasteiger partial charge >= 0.3 is 0 Å². The van der Waals surface area contributed by atoms with Crippen molar-refractivity contribution in [3.63, 3.8) is 0 Å². The fourth-order valence-corrected chi connectivity index (χ4v) is 3.28. The largest absolute Gasteiger partial charge is 0.497 e. The molecule has 1 N–H and O–H groups in total. The third-order valence-corrected chi connectivity index (χ3v) is 5.12. The second-order valence-electron chi connectivity index (χ2n) is 7.55. The van der Waals surface area contributed by atoms with Gasteiger partial charge in [0.25, 0.3) is 0 Å². The molecule has 3 rings (SSSR count). The van der Waals surface area contributed by atoms with Gasteiger partial charge in [-0.3, -0.25) is 0 Å². The molecule has 0 amide bonds. The topological polar surface area (TPSA) is 67.6 Å². The molecule has 0 spiro atoms. The minimum absolute atomic E-state index is 0. The Kier molecular flexibility index (Phi) is 10.5. The second kappa shape index (κ2) is 13.0. The summed E-state index contributed by atoms with van der Waals surface area (Å²) in [6.45, 7) is 7.09. The van der Waals surface area contributed by atoms with E-state index in [0.29, 0.717) is 6.54 Å². The highest BCUT2D eigenvalue weighted by atomic mass is 127. The number of rotatable bonds is 9. The summed E-state index contributed by atoms with van der Waals surface area (Å²) in [6.07, 6.45) is 2.65. The third kappa shape index (κ3) is 7.51. The number of aryl methyl sites for hydroxylation is 2. The Balaban J connectivity index is 0.00000363. The number of methoxy groups -OCH3 is 1. The minimum Gasteiger partial charge on any atom is -0.497 e. The summed E-state index contributed by atoms with van der Waals surface area (Å²) < 4.78 is 7.32. The van der Waals surface area contributed by atoms with Crippen LogP contribution < -0.4 is 10.1 Å². The van der Waals surface area contributed by atoms with Crippen molar-refractivity contribution in [1.82, 2.24) is 25.0 Å². The average Bonchev–Trinajstić information content (AvgIpc) is 3.25. The van der Waals surface area contributed by atoms with Crippen molar-refractivity contribution >= 4 is 29.9 Å². The Hall–Kier alpha value is -2.62. The van der Waals surface area contributed by atoms with Gasteiger partial charge in [0.15, 0.2) is 5.96 Å². The molecule has 2 aromatic carbocycles. The van der Waals surface area contributed by atoms with Gasteiger partial charge in [-0.15, -0.1) is 34.2 Å². The quantitative estimate of drug-likeness (QED) is 0.248. The van der Waals surface area contributed by atoms with E-state index in [1.165, 1.54) is 11.1 Å². The van der Waals surface area contributed by atoms with Crippen molar-refractivity contribution in [2.24, 2.45) is 4.99 Å². The summed E-state index contributed by atoms with van der Waals surface area (Å²) in [5, 5.41) is 11.7. The molecule has 0 unspecified atom stereocenters. The molecule has 8 heteroatoms. The number of benzene rings is 2. The molecule has 172 valence electrons. The number of hydrogen-bond acceptors (Lipinski definition) is 4. The number of aliphatic imine (C=N–C) groups is 1. The monoisotopic (exact) mass is 548 g/mol. The zero-order chi connectivity index (χ0) is 22.1. The van der Waals surface area contributed by atoms with Gasteiger partial charge in [-0.2, -0.15) is 0 Å². The first-order chi connectivity index (χ1) is 15.1. The summed E-state index contributed by atoms with van der Waals surface area (Å²) in [4.78, 5) is 7.03. The molecule has 0 atom stereocenters. The first kappa shape index (κ1) is 25.6. The number of nitrogens with zero attached hydrogens (tertiary/aromatic N) is 5. The first-order valence-electron chi connectivity index (χ1n) is 10.6. The normalized spacial score (nSPS) is 11.1. The van der Waals surface area contributed by atoms with Crippen molar-refractivity contribution in [1.29, 1.82) is 0 Å². The van der Waals surface area contributed by atoms with Gasteiger partial charge in [0.1, 0.15) is 17.9 Å². The molecule has 7 nitrogen and oxygen atoms in total. The molecule has 0 saturated carbocycles. The molecule has 0 fully saturated rings. The van der Waals surface area contributed by atoms with Gasteiger partial charge in [0.05, 0.1) is 13.7 Å². The van der Waals surface area contributed by atoms with Crippen LogP contribution in [0.2, 0.25) is 0 Å². The Morgan fingerprint density at radius 3 is 2.44 bits per heavy atom. The van der Waals surface area contributed by atoms with Gasteiger partial charge < -0.3 is 19.5 Å². The zero-order valence-corrected chi connectivity index (χ0v) is 21.6. The van der Waals surface area contributed by atoms with Gasteiger partial charge in [0.2, 0.25) is 0 Å². The Morgan fingerprint density at radius 1 is 1.09 bits per heavy atom. The summed E-state index contributed by atoms with van der Waals surface area (Å²) in [5.41, 5.74) is 3.65. The van der Waals surface area contributed by atoms with Crippen LogP contribution in [-0.2, 0) is 26.1 Å². The molecule has 0 aliphatic heterocycles. The van der Waals surface area contributed by atoms with Crippen LogP contribution in [0.25, 0.3) is 0 Å². The van der Waals surface area contributed by atoms with E-state index < -0.39 is 0 Å².